The van der Waals surface area contributed by atoms with Crippen molar-refractivity contribution in [2.75, 3.05) is 19.7 Å². The highest BCUT2D eigenvalue weighted by molar-refractivity contribution is 5.92. The molecule has 2 N–H and O–H groups in total. The van der Waals surface area contributed by atoms with Crippen molar-refractivity contribution in [2.24, 2.45) is 0 Å². The average molecular weight is 361 g/mol. The largest absolute Gasteiger partial charge is 0.394 e. The van der Waals surface area contributed by atoms with E-state index in [9.17, 15) is 14.7 Å². The summed E-state index contributed by atoms with van der Waals surface area (Å²) in [7, 11) is 0. The Kier molecular flexibility index (Phi) is 6.57. The molecule has 7 heteroatoms. The van der Waals surface area contributed by atoms with Crippen molar-refractivity contribution in [3.63, 3.8) is 0 Å². The molecule has 1 aromatic heterocycles. The van der Waals surface area contributed by atoms with Crippen LogP contribution in [0, 0.1) is 0 Å². The van der Waals surface area contributed by atoms with Crippen LogP contribution < -0.4 is 5.32 Å². The number of pyridine rings is 1. The number of nitrogens with one attached hydrogen (secondary N) is 1. The van der Waals surface area contributed by atoms with E-state index in [4.69, 9.17) is 4.74 Å². The fourth-order valence-electron chi connectivity index (χ4n) is 3.65. The molecule has 1 aromatic rings. The number of carbonyl (C=O) groups excluding carboxylic acids is 2. The molecule has 2 saturated heterocycles. The van der Waals surface area contributed by atoms with Crippen molar-refractivity contribution in [3.05, 3.63) is 30.1 Å². The molecular formula is C19H27N3O4. The van der Waals surface area contributed by atoms with Crippen LogP contribution in [0.4, 0.5) is 0 Å². The molecule has 0 bridgehead atoms. The van der Waals surface area contributed by atoms with Crippen molar-refractivity contribution >= 4 is 11.8 Å². The van der Waals surface area contributed by atoms with Gasteiger partial charge in [-0.3, -0.25) is 14.6 Å². The van der Waals surface area contributed by atoms with Gasteiger partial charge >= 0.3 is 0 Å². The zero-order valence-electron chi connectivity index (χ0n) is 15.0. The second-order valence-corrected chi connectivity index (χ2v) is 7.00. The monoisotopic (exact) mass is 361 g/mol. The highest BCUT2D eigenvalue weighted by atomic mass is 16.5. The number of amides is 2. The minimum Gasteiger partial charge on any atom is -0.394 e. The number of likely N-dealkylation sites (tertiary alicyclic amines) is 1. The Bertz CT molecular complexity index is 604. The molecule has 2 aliphatic rings. The zero-order chi connectivity index (χ0) is 18.4. The quantitative estimate of drug-likeness (QED) is 0.820. The summed E-state index contributed by atoms with van der Waals surface area (Å²) in [4.78, 5) is 30.6. The van der Waals surface area contributed by atoms with E-state index in [1.54, 1.807) is 24.4 Å². The Balaban J connectivity index is 1.51. The van der Waals surface area contributed by atoms with Gasteiger partial charge in [0.05, 0.1) is 25.2 Å². The fourth-order valence-corrected chi connectivity index (χ4v) is 3.65. The Morgan fingerprint density at radius 1 is 1.23 bits per heavy atom. The smallest absolute Gasteiger partial charge is 0.270 e. The van der Waals surface area contributed by atoms with Gasteiger partial charge in [-0.2, -0.15) is 0 Å². The summed E-state index contributed by atoms with van der Waals surface area (Å²) in [6.45, 7) is 1.47. The highest BCUT2D eigenvalue weighted by Crippen LogP contribution is 2.23. The van der Waals surface area contributed by atoms with Crippen LogP contribution in [0.2, 0.25) is 0 Å². The summed E-state index contributed by atoms with van der Waals surface area (Å²) in [5, 5.41) is 12.5. The first-order chi connectivity index (χ1) is 12.7. The lowest BCUT2D eigenvalue weighted by Gasteiger charge is -2.37. The number of ether oxygens (including phenoxy) is 1. The van der Waals surface area contributed by atoms with Crippen LogP contribution in [0.5, 0.6) is 0 Å². The van der Waals surface area contributed by atoms with Gasteiger partial charge in [0.25, 0.3) is 5.91 Å². The number of aliphatic hydroxyl groups is 1. The van der Waals surface area contributed by atoms with Gasteiger partial charge in [0.1, 0.15) is 11.8 Å². The maximum absolute atomic E-state index is 12.4. The molecule has 0 unspecified atom stereocenters. The van der Waals surface area contributed by atoms with Gasteiger partial charge in [0.2, 0.25) is 5.91 Å². The first-order valence-electron chi connectivity index (χ1n) is 9.43. The second kappa shape index (κ2) is 9.09. The number of hydrogen-bond acceptors (Lipinski definition) is 5. The molecule has 0 aromatic carbocycles. The van der Waals surface area contributed by atoms with Gasteiger partial charge in [-0.1, -0.05) is 6.07 Å². The normalized spacial score (nSPS) is 26.3. The second-order valence-electron chi connectivity index (χ2n) is 7.00. The zero-order valence-corrected chi connectivity index (χ0v) is 15.0. The maximum atomic E-state index is 12.4. The van der Waals surface area contributed by atoms with Crippen molar-refractivity contribution in [2.45, 2.75) is 56.8 Å². The highest BCUT2D eigenvalue weighted by Gasteiger charge is 2.34. The van der Waals surface area contributed by atoms with Crippen molar-refractivity contribution in [1.82, 2.24) is 15.2 Å². The lowest BCUT2D eigenvalue weighted by molar-refractivity contribution is -0.141. The number of nitrogens with zero attached hydrogens (tertiary/aromatic N) is 2. The van der Waals surface area contributed by atoms with E-state index >= 15 is 0 Å². The fraction of sp³-hybridized carbons (Fsp3) is 0.632. The van der Waals surface area contributed by atoms with Crippen LogP contribution in [0.25, 0.3) is 0 Å². The van der Waals surface area contributed by atoms with Crippen molar-refractivity contribution in [3.8, 4) is 0 Å². The summed E-state index contributed by atoms with van der Waals surface area (Å²) in [6, 6.07) is 4.87. The number of rotatable bonds is 5. The molecular weight excluding hydrogens is 334 g/mol. The first kappa shape index (κ1) is 18.8. The SMILES string of the molecule is O=C(N[C@H]1CC[C@@H](CC(=O)N2CCCCC2)O[C@H]1CO)c1ccccn1. The van der Waals surface area contributed by atoms with Gasteiger partial charge in [-0.05, 0) is 44.2 Å². The lowest BCUT2D eigenvalue weighted by Crippen LogP contribution is -2.51. The van der Waals surface area contributed by atoms with Gasteiger partial charge in [0, 0.05) is 19.3 Å². The van der Waals surface area contributed by atoms with Gasteiger partial charge in [-0.25, -0.2) is 0 Å². The Morgan fingerprint density at radius 2 is 2.04 bits per heavy atom. The number of carbonyl (C=O) groups is 2. The summed E-state index contributed by atoms with van der Waals surface area (Å²) in [5.74, 6) is -0.150. The molecule has 3 heterocycles. The number of piperidine rings is 1. The first-order valence-corrected chi connectivity index (χ1v) is 9.43. The topological polar surface area (TPSA) is 91.8 Å². The summed E-state index contributed by atoms with van der Waals surface area (Å²) >= 11 is 0. The Labute approximate surface area is 153 Å². The average Bonchev–Trinajstić information content (AvgIpc) is 2.70. The third kappa shape index (κ3) is 4.80. The van der Waals surface area contributed by atoms with Crippen LogP contribution in [0.3, 0.4) is 0 Å². The minimum atomic E-state index is -0.504. The Morgan fingerprint density at radius 3 is 2.73 bits per heavy atom. The molecule has 0 saturated carbocycles. The molecule has 0 radical (unpaired) electrons. The predicted octanol–water partition coefficient (Wildman–Crippen LogP) is 1.12. The van der Waals surface area contributed by atoms with E-state index in [-0.39, 0.29) is 30.6 Å². The third-order valence-electron chi connectivity index (χ3n) is 5.12. The Hall–Kier alpha value is -1.99. The standard InChI is InChI=1S/C19H27N3O4/c23-13-17-15(21-19(25)16-6-2-3-9-20-16)8-7-14(26-17)12-18(24)22-10-4-1-5-11-22/h2-3,6,9,14-15,17,23H,1,4-5,7-8,10-13H2,(H,21,25)/t14-,15-,17-/m0/s1. The molecule has 142 valence electrons. The number of aliphatic hydroxyl groups excluding tert-OH is 1. The lowest BCUT2D eigenvalue weighted by atomic mass is 9.96. The molecule has 7 nitrogen and oxygen atoms in total. The summed E-state index contributed by atoms with van der Waals surface area (Å²) in [6.07, 6.45) is 5.88. The molecule has 0 aliphatic carbocycles. The third-order valence-corrected chi connectivity index (χ3v) is 5.12. The van der Waals surface area contributed by atoms with Crippen LogP contribution in [0.15, 0.2) is 24.4 Å². The van der Waals surface area contributed by atoms with Crippen LogP contribution in [0.1, 0.15) is 49.0 Å². The van der Waals surface area contributed by atoms with Gasteiger partial charge in [0.15, 0.2) is 0 Å². The van der Waals surface area contributed by atoms with E-state index in [1.807, 2.05) is 4.90 Å². The van der Waals surface area contributed by atoms with E-state index in [1.165, 1.54) is 6.42 Å². The van der Waals surface area contributed by atoms with E-state index < -0.39 is 6.10 Å². The van der Waals surface area contributed by atoms with Crippen LogP contribution >= 0.6 is 0 Å². The van der Waals surface area contributed by atoms with Crippen LogP contribution in [-0.4, -0.2) is 64.8 Å². The van der Waals surface area contributed by atoms with Crippen molar-refractivity contribution < 1.29 is 19.4 Å². The maximum Gasteiger partial charge on any atom is 0.270 e. The molecule has 2 fully saturated rings. The van der Waals surface area contributed by atoms with E-state index in [0.29, 0.717) is 25.0 Å². The molecule has 3 rings (SSSR count). The van der Waals surface area contributed by atoms with Gasteiger partial charge in [-0.15, -0.1) is 0 Å². The molecule has 2 aliphatic heterocycles. The molecule has 0 spiro atoms. The molecule has 26 heavy (non-hydrogen) atoms. The van der Waals surface area contributed by atoms with Crippen LogP contribution in [-0.2, 0) is 9.53 Å². The van der Waals surface area contributed by atoms with Crippen molar-refractivity contribution in [1.29, 1.82) is 0 Å². The summed E-state index contributed by atoms with van der Waals surface area (Å²) < 4.78 is 5.91. The minimum absolute atomic E-state index is 0.127. The summed E-state index contributed by atoms with van der Waals surface area (Å²) in [5.41, 5.74) is 0.339. The molecule has 3 atom stereocenters. The predicted molar refractivity (Wildman–Crippen MR) is 95.5 cm³/mol. The number of aromatic nitrogens is 1. The van der Waals surface area contributed by atoms with E-state index in [2.05, 4.69) is 10.3 Å². The molecule has 2 amide bonds. The number of hydrogen-bond donors (Lipinski definition) is 2. The van der Waals surface area contributed by atoms with Gasteiger partial charge < -0.3 is 20.1 Å². The van der Waals surface area contributed by atoms with E-state index in [0.717, 1.165) is 25.9 Å².